The fraction of sp³-hybridized carbons (Fsp3) is 1.00. The first-order chi connectivity index (χ1) is 4.93. The Morgan fingerprint density at radius 2 is 2.00 bits per heavy atom. The molecular weight excluding hydrogens is 126 g/mol. The lowest BCUT2D eigenvalue weighted by molar-refractivity contribution is 0.0422. The second kappa shape index (κ2) is 4.69. The van der Waals surface area contributed by atoms with Gasteiger partial charge in [-0.25, -0.2) is 0 Å². The SMILES string of the molecule is CCCOCN1CCCC1. The van der Waals surface area contributed by atoms with Gasteiger partial charge in [0.2, 0.25) is 0 Å². The van der Waals surface area contributed by atoms with E-state index in [0.717, 1.165) is 19.8 Å². The highest BCUT2D eigenvalue weighted by molar-refractivity contribution is 4.61. The van der Waals surface area contributed by atoms with Crippen molar-refractivity contribution in [2.45, 2.75) is 26.2 Å². The van der Waals surface area contributed by atoms with Gasteiger partial charge in [0.05, 0.1) is 6.73 Å². The molecule has 0 N–H and O–H groups in total. The number of nitrogens with zero attached hydrogens (tertiary/aromatic N) is 1. The van der Waals surface area contributed by atoms with E-state index in [4.69, 9.17) is 4.74 Å². The molecular formula is C8H17NO. The molecule has 2 heteroatoms. The molecule has 0 saturated carbocycles. The molecule has 1 saturated heterocycles. The first-order valence-electron chi connectivity index (χ1n) is 4.23. The molecule has 0 spiro atoms. The highest BCUT2D eigenvalue weighted by Gasteiger charge is 2.09. The number of hydrogen-bond donors (Lipinski definition) is 0. The standard InChI is InChI=1S/C8H17NO/c1-2-7-10-8-9-5-3-4-6-9/h2-8H2,1H3. The number of ether oxygens (including phenoxy) is 1. The summed E-state index contributed by atoms with van der Waals surface area (Å²) < 4.78 is 5.39. The Balaban J connectivity index is 1.91. The number of hydrogen-bond acceptors (Lipinski definition) is 2. The molecule has 0 unspecified atom stereocenters. The quantitative estimate of drug-likeness (QED) is 0.552. The molecule has 0 aliphatic carbocycles. The maximum Gasteiger partial charge on any atom is 0.0990 e. The minimum Gasteiger partial charge on any atom is -0.366 e. The largest absolute Gasteiger partial charge is 0.366 e. The second-order valence-electron chi connectivity index (χ2n) is 2.86. The van der Waals surface area contributed by atoms with E-state index in [1.165, 1.54) is 25.9 Å². The van der Waals surface area contributed by atoms with Crippen LogP contribution in [0.5, 0.6) is 0 Å². The van der Waals surface area contributed by atoms with Gasteiger partial charge in [-0.3, -0.25) is 4.90 Å². The summed E-state index contributed by atoms with van der Waals surface area (Å²) in [5.41, 5.74) is 0. The molecule has 0 aromatic heterocycles. The summed E-state index contributed by atoms with van der Waals surface area (Å²) in [6.45, 7) is 6.39. The Bertz CT molecular complexity index is 79.3. The van der Waals surface area contributed by atoms with Gasteiger partial charge in [0.15, 0.2) is 0 Å². The van der Waals surface area contributed by atoms with Crippen molar-refractivity contribution in [3.05, 3.63) is 0 Å². The third-order valence-corrected chi connectivity index (χ3v) is 1.82. The fourth-order valence-corrected chi connectivity index (χ4v) is 1.25. The predicted octanol–water partition coefficient (Wildman–Crippen LogP) is 1.47. The maximum atomic E-state index is 5.39. The van der Waals surface area contributed by atoms with Crippen LogP contribution in [0.2, 0.25) is 0 Å². The second-order valence-corrected chi connectivity index (χ2v) is 2.86. The summed E-state index contributed by atoms with van der Waals surface area (Å²) in [5, 5.41) is 0. The average Bonchev–Trinajstić information content (AvgIpc) is 2.41. The third-order valence-electron chi connectivity index (χ3n) is 1.82. The molecule has 1 aliphatic rings. The summed E-state index contributed by atoms with van der Waals surface area (Å²) >= 11 is 0. The van der Waals surface area contributed by atoms with Gasteiger partial charge < -0.3 is 4.74 Å². The van der Waals surface area contributed by atoms with E-state index >= 15 is 0 Å². The predicted molar refractivity (Wildman–Crippen MR) is 41.9 cm³/mol. The van der Waals surface area contributed by atoms with E-state index in [0.29, 0.717) is 0 Å². The van der Waals surface area contributed by atoms with Crippen LogP contribution in [0.25, 0.3) is 0 Å². The van der Waals surface area contributed by atoms with Crippen LogP contribution in [0.3, 0.4) is 0 Å². The lowest BCUT2D eigenvalue weighted by Crippen LogP contribution is -2.22. The van der Waals surface area contributed by atoms with Crippen LogP contribution < -0.4 is 0 Å². The molecule has 0 aromatic carbocycles. The summed E-state index contributed by atoms with van der Waals surface area (Å²) in [6, 6.07) is 0. The molecule has 0 aromatic rings. The first-order valence-corrected chi connectivity index (χ1v) is 4.23. The molecule has 1 aliphatic heterocycles. The Labute approximate surface area is 63.2 Å². The Hall–Kier alpha value is -0.0800. The zero-order valence-corrected chi connectivity index (χ0v) is 6.81. The van der Waals surface area contributed by atoms with Crippen molar-refractivity contribution in [3.63, 3.8) is 0 Å². The van der Waals surface area contributed by atoms with E-state index in [2.05, 4.69) is 11.8 Å². The van der Waals surface area contributed by atoms with Crippen LogP contribution in [0, 0.1) is 0 Å². The topological polar surface area (TPSA) is 12.5 Å². The highest BCUT2D eigenvalue weighted by atomic mass is 16.5. The van der Waals surface area contributed by atoms with Crippen molar-refractivity contribution < 1.29 is 4.74 Å². The van der Waals surface area contributed by atoms with Crippen LogP contribution in [-0.4, -0.2) is 31.3 Å². The fourth-order valence-electron chi connectivity index (χ4n) is 1.25. The lowest BCUT2D eigenvalue weighted by Gasteiger charge is -2.13. The molecule has 1 fully saturated rings. The van der Waals surface area contributed by atoms with E-state index in [-0.39, 0.29) is 0 Å². The summed E-state index contributed by atoms with van der Waals surface area (Å²) in [7, 11) is 0. The molecule has 1 rings (SSSR count). The van der Waals surface area contributed by atoms with Gasteiger partial charge in [0.1, 0.15) is 0 Å². The Morgan fingerprint density at radius 1 is 1.30 bits per heavy atom. The van der Waals surface area contributed by atoms with Crippen molar-refractivity contribution >= 4 is 0 Å². The highest BCUT2D eigenvalue weighted by Crippen LogP contribution is 2.06. The van der Waals surface area contributed by atoms with Gasteiger partial charge in [-0.2, -0.15) is 0 Å². The Kier molecular flexibility index (Phi) is 3.76. The molecule has 0 bridgehead atoms. The van der Waals surface area contributed by atoms with E-state index in [1.807, 2.05) is 0 Å². The summed E-state index contributed by atoms with van der Waals surface area (Å²) in [4.78, 5) is 2.37. The van der Waals surface area contributed by atoms with Gasteiger partial charge in [0.25, 0.3) is 0 Å². The van der Waals surface area contributed by atoms with Crippen LogP contribution >= 0.6 is 0 Å². The average molecular weight is 143 g/mol. The number of rotatable bonds is 4. The molecule has 60 valence electrons. The molecule has 0 amide bonds. The van der Waals surface area contributed by atoms with Crippen LogP contribution in [0.15, 0.2) is 0 Å². The van der Waals surface area contributed by atoms with Gasteiger partial charge >= 0.3 is 0 Å². The van der Waals surface area contributed by atoms with Crippen molar-refractivity contribution in [3.8, 4) is 0 Å². The number of likely N-dealkylation sites (tertiary alicyclic amines) is 1. The van der Waals surface area contributed by atoms with Crippen molar-refractivity contribution in [2.75, 3.05) is 26.4 Å². The van der Waals surface area contributed by atoms with E-state index in [9.17, 15) is 0 Å². The zero-order chi connectivity index (χ0) is 7.23. The molecule has 0 radical (unpaired) electrons. The summed E-state index contributed by atoms with van der Waals surface area (Å²) in [5.74, 6) is 0. The van der Waals surface area contributed by atoms with Crippen molar-refractivity contribution in [1.82, 2.24) is 4.90 Å². The maximum absolute atomic E-state index is 5.39. The summed E-state index contributed by atoms with van der Waals surface area (Å²) in [6.07, 6.45) is 3.85. The first kappa shape index (κ1) is 8.02. The lowest BCUT2D eigenvalue weighted by atomic mass is 10.4. The van der Waals surface area contributed by atoms with Crippen LogP contribution in [0.1, 0.15) is 26.2 Å². The van der Waals surface area contributed by atoms with E-state index in [1.54, 1.807) is 0 Å². The molecule has 1 heterocycles. The molecule has 0 atom stereocenters. The minimum atomic E-state index is 0.855. The van der Waals surface area contributed by atoms with Crippen molar-refractivity contribution in [2.24, 2.45) is 0 Å². The molecule has 2 nitrogen and oxygen atoms in total. The Morgan fingerprint density at radius 3 is 2.60 bits per heavy atom. The van der Waals surface area contributed by atoms with Gasteiger partial charge in [-0.05, 0) is 19.3 Å². The normalized spacial score (nSPS) is 20.1. The third kappa shape index (κ3) is 2.67. The zero-order valence-electron chi connectivity index (χ0n) is 6.81. The smallest absolute Gasteiger partial charge is 0.0990 e. The van der Waals surface area contributed by atoms with Crippen molar-refractivity contribution in [1.29, 1.82) is 0 Å². The minimum absolute atomic E-state index is 0.855. The van der Waals surface area contributed by atoms with Crippen LogP contribution in [-0.2, 0) is 4.74 Å². The monoisotopic (exact) mass is 143 g/mol. The van der Waals surface area contributed by atoms with E-state index < -0.39 is 0 Å². The van der Waals surface area contributed by atoms with Gasteiger partial charge in [0, 0.05) is 19.7 Å². The van der Waals surface area contributed by atoms with Crippen LogP contribution in [0.4, 0.5) is 0 Å². The van der Waals surface area contributed by atoms with Gasteiger partial charge in [-0.1, -0.05) is 6.92 Å². The molecule has 10 heavy (non-hydrogen) atoms. The van der Waals surface area contributed by atoms with Gasteiger partial charge in [-0.15, -0.1) is 0 Å².